The summed E-state index contributed by atoms with van der Waals surface area (Å²) >= 11 is 0. The summed E-state index contributed by atoms with van der Waals surface area (Å²) in [4.78, 5) is 12.9. The van der Waals surface area contributed by atoms with Gasteiger partial charge in [-0.05, 0) is 45.3 Å². The molecule has 17 heavy (non-hydrogen) atoms. The van der Waals surface area contributed by atoms with Gasteiger partial charge in [0.15, 0.2) is 0 Å². The minimum absolute atomic E-state index is 0.0218. The molecule has 4 nitrogen and oxygen atoms in total. The third-order valence-corrected chi connectivity index (χ3v) is 3.42. The van der Waals surface area contributed by atoms with Crippen molar-refractivity contribution in [2.45, 2.75) is 39.7 Å². The molecule has 0 saturated carbocycles. The van der Waals surface area contributed by atoms with Crippen LogP contribution in [0, 0.1) is 13.8 Å². The van der Waals surface area contributed by atoms with Crippen LogP contribution < -0.4 is 5.01 Å². The lowest BCUT2D eigenvalue weighted by Crippen LogP contribution is -2.41. The fourth-order valence-corrected chi connectivity index (χ4v) is 2.30. The van der Waals surface area contributed by atoms with Crippen molar-refractivity contribution in [2.75, 3.05) is 11.6 Å². The van der Waals surface area contributed by atoms with Gasteiger partial charge in [-0.25, -0.2) is 0 Å². The van der Waals surface area contributed by atoms with E-state index in [4.69, 9.17) is 0 Å². The summed E-state index contributed by atoms with van der Waals surface area (Å²) in [5.41, 5.74) is 3.29. The summed E-state index contributed by atoms with van der Waals surface area (Å²) in [6.45, 7) is 7.01. The second-order valence-corrected chi connectivity index (χ2v) is 4.49. The predicted octanol–water partition coefficient (Wildman–Crippen LogP) is 1.83. The average Bonchev–Trinajstić information content (AvgIpc) is 2.89. The minimum Gasteiger partial charge on any atom is -0.301 e. The number of aromatic nitrogens is 2. The van der Waals surface area contributed by atoms with Crippen LogP contribution in [0.25, 0.3) is 6.08 Å². The minimum atomic E-state index is -0.0218. The van der Waals surface area contributed by atoms with E-state index in [-0.39, 0.29) is 6.04 Å². The van der Waals surface area contributed by atoms with Crippen molar-refractivity contribution in [1.29, 1.82) is 0 Å². The summed E-state index contributed by atoms with van der Waals surface area (Å²) < 4.78 is 0. The first-order valence-corrected chi connectivity index (χ1v) is 6.10. The van der Waals surface area contributed by atoms with Gasteiger partial charge in [0.05, 0.1) is 11.4 Å². The number of allylic oxidation sites excluding steroid dienone is 1. The summed E-state index contributed by atoms with van der Waals surface area (Å²) in [5.74, 6) is 0. The molecular formula is C13H19N3O. The van der Waals surface area contributed by atoms with E-state index in [0.717, 1.165) is 37.1 Å². The predicted molar refractivity (Wildman–Crippen MR) is 68.6 cm³/mol. The molecule has 2 heterocycles. The Morgan fingerprint density at radius 3 is 2.82 bits per heavy atom. The van der Waals surface area contributed by atoms with Crippen LogP contribution >= 0.6 is 0 Å². The van der Waals surface area contributed by atoms with Gasteiger partial charge in [0.1, 0.15) is 12.3 Å². The van der Waals surface area contributed by atoms with Crippen molar-refractivity contribution in [3.63, 3.8) is 0 Å². The average molecular weight is 233 g/mol. The molecule has 92 valence electrons. The van der Waals surface area contributed by atoms with Crippen LogP contribution in [-0.2, 0) is 4.79 Å². The molecule has 0 aromatic carbocycles. The lowest BCUT2D eigenvalue weighted by molar-refractivity contribution is -0.109. The summed E-state index contributed by atoms with van der Waals surface area (Å²) in [6, 6.07) is -0.0218. The maximum Gasteiger partial charge on any atom is 0.144 e. The Balaban J connectivity index is 2.38. The van der Waals surface area contributed by atoms with Gasteiger partial charge in [0.25, 0.3) is 0 Å². The van der Waals surface area contributed by atoms with Crippen LogP contribution in [0.15, 0.2) is 6.08 Å². The van der Waals surface area contributed by atoms with E-state index in [1.54, 1.807) is 0 Å². The second-order valence-electron chi connectivity index (χ2n) is 4.49. The van der Waals surface area contributed by atoms with E-state index in [9.17, 15) is 4.79 Å². The van der Waals surface area contributed by atoms with E-state index in [1.165, 1.54) is 5.56 Å². The molecule has 4 heteroatoms. The molecule has 0 radical (unpaired) electrons. The van der Waals surface area contributed by atoms with Gasteiger partial charge in [0, 0.05) is 6.54 Å². The van der Waals surface area contributed by atoms with Crippen molar-refractivity contribution in [3.8, 4) is 0 Å². The Labute approximate surface area is 102 Å². The van der Waals surface area contributed by atoms with Crippen molar-refractivity contribution in [1.82, 2.24) is 9.89 Å². The Hall–Kier alpha value is -1.58. The molecule has 0 bridgehead atoms. The Morgan fingerprint density at radius 2 is 2.18 bits per heavy atom. The zero-order valence-electron chi connectivity index (χ0n) is 10.7. The molecule has 1 aliphatic rings. The zero-order valence-corrected chi connectivity index (χ0v) is 10.7. The van der Waals surface area contributed by atoms with Gasteiger partial charge < -0.3 is 4.79 Å². The quantitative estimate of drug-likeness (QED) is 0.748. The van der Waals surface area contributed by atoms with Gasteiger partial charge in [0.2, 0.25) is 0 Å². The van der Waals surface area contributed by atoms with E-state index in [1.807, 2.05) is 23.9 Å². The van der Waals surface area contributed by atoms with Crippen LogP contribution in [0.2, 0.25) is 0 Å². The number of carbonyl (C=O) groups is 1. The third kappa shape index (κ3) is 1.99. The van der Waals surface area contributed by atoms with Gasteiger partial charge in [-0.2, -0.15) is 9.89 Å². The summed E-state index contributed by atoms with van der Waals surface area (Å²) in [6.07, 6.45) is 7.01. The number of hydrogen-bond donors (Lipinski definition) is 0. The molecule has 0 aliphatic carbocycles. The van der Waals surface area contributed by atoms with Crippen LogP contribution in [0.5, 0.6) is 0 Å². The number of aldehydes is 1. The molecule has 1 fully saturated rings. The number of carbonyl (C=O) groups excluding carboxylic acids is 1. The maximum absolute atomic E-state index is 11.0. The van der Waals surface area contributed by atoms with Crippen molar-refractivity contribution in [2.24, 2.45) is 0 Å². The molecule has 0 unspecified atom stereocenters. The SMILES string of the molecule is C/C=C/c1nn(N2CCC[C@H]2C=O)c(C)c1C. The van der Waals surface area contributed by atoms with Crippen LogP contribution in [0.4, 0.5) is 0 Å². The molecule has 1 aromatic heterocycles. The Kier molecular flexibility index (Phi) is 3.31. The molecule has 0 amide bonds. The highest BCUT2D eigenvalue weighted by Crippen LogP contribution is 2.19. The number of nitrogens with zero attached hydrogens (tertiary/aromatic N) is 3. The molecule has 1 aromatic rings. The molecule has 1 atom stereocenters. The number of hydrogen-bond acceptors (Lipinski definition) is 3. The maximum atomic E-state index is 11.0. The Bertz CT molecular complexity index is 448. The lowest BCUT2D eigenvalue weighted by Gasteiger charge is -2.23. The van der Waals surface area contributed by atoms with Crippen LogP contribution in [-0.4, -0.2) is 28.8 Å². The standard InChI is InChI=1S/C13H19N3O/c1-4-6-13-10(2)11(3)16(14-13)15-8-5-7-12(15)9-17/h4,6,9,12H,5,7-8H2,1-3H3/b6-4+/t12-/m0/s1. The molecular weight excluding hydrogens is 214 g/mol. The fraction of sp³-hybridized carbons (Fsp3) is 0.538. The zero-order chi connectivity index (χ0) is 12.4. The van der Waals surface area contributed by atoms with Gasteiger partial charge in [-0.15, -0.1) is 0 Å². The smallest absolute Gasteiger partial charge is 0.144 e. The van der Waals surface area contributed by atoms with Crippen LogP contribution in [0.3, 0.4) is 0 Å². The first kappa shape index (κ1) is 11.9. The highest BCUT2D eigenvalue weighted by Gasteiger charge is 2.26. The summed E-state index contributed by atoms with van der Waals surface area (Å²) in [7, 11) is 0. The van der Waals surface area contributed by atoms with Crippen LogP contribution in [0.1, 0.15) is 36.7 Å². The van der Waals surface area contributed by atoms with Crippen molar-refractivity contribution >= 4 is 12.4 Å². The van der Waals surface area contributed by atoms with Gasteiger partial charge in [-0.1, -0.05) is 6.08 Å². The molecule has 2 rings (SSSR count). The highest BCUT2D eigenvalue weighted by atomic mass is 16.1. The van der Waals surface area contributed by atoms with E-state index in [2.05, 4.69) is 24.0 Å². The van der Waals surface area contributed by atoms with Crippen molar-refractivity contribution < 1.29 is 4.79 Å². The second kappa shape index (κ2) is 4.73. The lowest BCUT2D eigenvalue weighted by atomic mass is 10.2. The van der Waals surface area contributed by atoms with Gasteiger partial charge >= 0.3 is 0 Å². The topological polar surface area (TPSA) is 38.1 Å². The molecule has 1 saturated heterocycles. The highest BCUT2D eigenvalue weighted by molar-refractivity contribution is 5.61. The van der Waals surface area contributed by atoms with E-state index >= 15 is 0 Å². The monoisotopic (exact) mass is 233 g/mol. The van der Waals surface area contributed by atoms with Crippen molar-refractivity contribution in [3.05, 3.63) is 23.0 Å². The van der Waals surface area contributed by atoms with E-state index < -0.39 is 0 Å². The number of rotatable bonds is 3. The Morgan fingerprint density at radius 1 is 1.41 bits per heavy atom. The normalized spacial score (nSPS) is 20.4. The first-order valence-electron chi connectivity index (χ1n) is 6.10. The first-order chi connectivity index (χ1) is 8.19. The van der Waals surface area contributed by atoms with E-state index in [0.29, 0.717) is 0 Å². The fourth-order valence-electron chi connectivity index (χ4n) is 2.30. The summed E-state index contributed by atoms with van der Waals surface area (Å²) in [5, 5.41) is 6.63. The molecule has 1 aliphatic heterocycles. The molecule has 0 N–H and O–H groups in total. The van der Waals surface area contributed by atoms with Gasteiger partial charge in [-0.3, -0.25) is 5.01 Å². The largest absolute Gasteiger partial charge is 0.301 e. The molecule has 0 spiro atoms. The third-order valence-electron chi connectivity index (χ3n) is 3.42.